The lowest BCUT2D eigenvalue weighted by Gasteiger charge is -2.15. The maximum absolute atomic E-state index is 11.0. The third-order valence-corrected chi connectivity index (χ3v) is 3.07. The van der Waals surface area contributed by atoms with E-state index in [-0.39, 0.29) is 6.61 Å². The zero-order valence-electron chi connectivity index (χ0n) is 9.90. The smallest absolute Gasteiger partial charge is 0.328 e. The molecule has 0 radical (unpaired) electrons. The quantitative estimate of drug-likeness (QED) is 0.815. The Bertz CT molecular complexity index is 417. The summed E-state index contributed by atoms with van der Waals surface area (Å²) < 4.78 is 4.89. The molecule has 1 unspecified atom stereocenters. The molecule has 0 saturated carbocycles. The van der Waals surface area contributed by atoms with Gasteiger partial charge in [-0.25, -0.2) is 4.79 Å². The Morgan fingerprint density at radius 2 is 2.24 bits per heavy atom. The van der Waals surface area contributed by atoms with Crippen LogP contribution in [0, 0.1) is 0 Å². The molecule has 92 valence electrons. The summed E-state index contributed by atoms with van der Waals surface area (Å²) in [5.41, 5.74) is 3.57. The number of aryl methyl sites for hydroxylation is 2. The normalized spacial score (nSPS) is 15.4. The van der Waals surface area contributed by atoms with Gasteiger partial charge >= 0.3 is 5.97 Å². The van der Waals surface area contributed by atoms with Crippen LogP contribution in [0.15, 0.2) is 18.2 Å². The second kappa shape index (κ2) is 5.19. The van der Waals surface area contributed by atoms with Gasteiger partial charge in [-0.2, -0.15) is 0 Å². The average molecular weight is 235 g/mol. The number of carbonyl (C=O) groups is 1. The van der Waals surface area contributed by atoms with Gasteiger partial charge in [-0.15, -0.1) is 0 Å². The Morgan fingerprint density at radius 1 is 1.47 bits per heavy atom. The summed E-state index contributed by atoms with van der Waals surface area (Å²) >= 11 is 0. The summed E-state index contributed by atoms with van der Waals surface area (Å²) in [4.78, 5) is 11.0. The first-order valence-corrected chi connectivity index (χ1v) is 5.81. The van der Waals surface area contributed by atoms with Crippen LogP contribution in [-0.2, 0) is 22.4 Å². The molecule has 0 aliphatic heterocycles. The molecule has 4 nitrogen and oxygen atoms in total. The number of carboxylic acids is 1. The molecule has 1 atom stereocenters. The van der Waals surface area contributed by atoms with Crippen molar-refractivity contribution < 1.29 is 14.6 Å². The summed E-state index contributed by atoms with van der Waals surface area (Å²) in [5.74, 6) is -0.896. The molecular weight excluding hydrogens is 218 g/mol. The largest absolute Gasteiger partial charge is 0.480 e. The Labute approximate surface area is 101 Å². The van der Waals surface area contributed by atoms with Gasteiger partial charge in [0.2, 0.25) is 0 Å². The van der Waals surface area contributed by atoms with E-state index in [0.717, 1.165) is 18.5 Å². The van der Waals surface area contributed by atoms with Crippen LogP contribution in [0.1, 0.15) is 17.5 Å². The highest BCUT2D eigenvalue weighted by Crippen LogP contribution is 2.25. The zero-order chi connectivity index (χ0) is 12.3. The first-order valence-electron chi connectivity index (χ1n) is 5.81. The van der Waals surface area contributed by atoms with E-state index < -0.39 is 12.0 Å². The SMILES string of the molecule is COCC(Nc1ccc2c(c1)CCC2)C(=O)O. The molecular formula is C13H17NO3. The number of ether oxygens (including phenoxy) is 1. The molecule has 0 fully saturated rings. The van der Waals surface area contributed by atoms with Crippen LogP contribution in [0.4, 0.5) is 5.69 Å². The van der Waals surface area contributed by atoms with Gasteiger partial charge in [0.25, 0.3) is 0 Å². The predicted molar refractivity (Wildman–Crippen MR) is 65.4 cm³/mol. The highest BCUT2D eigenvalue weighted by Gasteiger charge is 2.18. The molecule has 1 aliphatic rings. The van der Waals surface area contributed by atoms with Gasteiger partial charge in [0.1, 0.15) is 6.04 Å². The van der Waals surface area contributed by atoms with Gasteiger partial charge in [-0.1, -0.05) is 6.07 Å². The fourth-order valence-corrected chi connectivity index (χ4v) is 2.20. The zero-order valence-corrected chi connectivity index (χ0v) is 9.90. The topological polar surface area (TPSA) is 58.6 Å². The van der Waals surface area contributed by atoms with Crippen molar-refractivity contribution in [1.29, 1.82) is 0 Å². The number of anilines is 1. The number of rotatable bonds is 5. The summed E-state index contributed by atoms with van der Waals surface area (Å²) in [5, 5.41) is 12.0. The lowest BCUT2D eigenvalue weighted by molar-refractivity contribution is -0.139. The number of aliphatic carboxylic acids is 1. The van der Waals surface area contributed by atoms with Crippen LogP contribution in [0.2, 0.25) is 0 Å². The number of fused-ring (bicyclic) bond motifs is 1. The first-order chi connectivity index (χ1) is 8.20. The van der Waals surface area contributed by atoms with Crippen molar-refractivity contribution in [1.82, 2.24) is 0 Å². The number of carboxylic acid groups (broad SMARTS) is 1. The van der Waals surface area contributed by atoms with Gasteiger partial charge in [0, 0.05) is 12.8 Å². The lowest BCUT2D eigenvalue weighted by atomic mass is 10.1. The van der Waals surface area contributed by atoms with Crippen LogP contribution < -0.4 is 5.32 Å². The summed E-state index contributed by atoms with van der Waals surface area (Å²) in [7, 11) is 1.50. The van der Waals surface area contributed by atoms with Gasteiger partial charge in [-0.05, 0) is 42.5 Å². The van der Waals surface area contributed by atoms with Crippen molar-refractivity contribution in [3.05, 3.63) is 29.3 Å². The number of hydrogen-bond donors (Lipinski definition) is 2. The molecule has 1 aromatic carbocycles. The maximum Gasteiger partial charge on any atom is 0.328 e. The number of methoxy groups -OCH3 is 1. The van der Waals surface area contributed by atoms with E-state index in [1.807, 2.05) is 12.1 Å². The fourth-order valence-electron chi connectivity index (χ4n) is 2.20. The Hall–Kier alpha value is -1.55. The van der Waals surface area contributed by atoms with E-state index in [9.17, 15) is 4.79 Å². The second-order valence-electron chi connectivity index (χ2n) is 4.33. The molecule has 17 heavy (non-hydrogen) atoms. The standard InChI is InChI=1S/C13H17NO3/c1-17-8-12(13(15)16)14-11-6-5-9-3-2-4-10(9)7-11/h5-7,12,14H,2-4,8H2,1H3,(H,15,16). The van der Waals surface area contributed by atoms with Crippen molar-refractivity contribution in [3.8, 4) is 0 Å². The average Bonchev–Trinajstić information content (AvgIpc) is 2.75. The van der Waals surface area contributed by atoms with Gasteiger partial charge in [0.15, 0.2) is 0 Å². The van der Waals surface area contributed by atoms with Crippen LogP contribution in [-0.4, -0.2) is 30.8 Å². The second-order valence-corrected chi connectivity index (χ2v) is 4.33. The monoisotopic (exact) mass is 235 g/mol. The van der Waals surface area contributed by atoms with Crippen molar-refractivity contribution in [3.63, 3.8) is 0 Å². The number of nitrogens with one attached hydrogen (secondary N) is 1. The Balaban J connectivity index is 2.09. The minimum atomic E-state index is -0.896. The van der Waals surface area contributed by atoms with Gasteiger partial charge in [0.05, 0.1) is 6.61 Å². The van der Waals surface area contributed by atoms with E-state index in [1.165, 1.54) is 24.7 Å². The minimum absolute atomic E-state index is 0.159. The maximum atomic E-state index is 11.0. The van der Waals surface area contributed by atoms with E-state index in [0.29, 0.717) is 0 Å². The van der Waals surface area contributed by atoms with Gasteiger partial charge in [-0.3, -0.25) is 0 Å². The minimum Gasteiger partial charge on any atom is -0.480 e. The first kappa shape index (κ1) is 11.9. The lowest BCUT2D eigenvalue weighted by Crippen LogP contribution is -2.33. The molecule has 1 aromatic rings. The molecule has 0 spiro atoms. The fraction of sp³-hybridized carbons (Fsp3) is 0.462. The Morgan fingerprint density at radius 3 is 2.94 bits per heavy atom. The summed E-state index contributed by atoms with van der Waals surface area (Å²) in [6, 6.07) is 5.37. The predicted octanol–water partition coefficient (Wildman–Crippen LogP) is 1.69. The third-order valence-electron chi connectivity index (χ3n) is 3.07. The molecule has 2 rings (SSSR count). The molecule has 1 aliphatic carbocycles. The molecule has 2 N–H and O–H groups in total. The van der Waals surface area contributed by atoms with E-state index >= 15 is 0 Å². The van der Waals surface area contributed by atoms with Crippen LogP contribution >= 0.6 is 0 Å². The third kappa shape index (κ3) is 2.77. The highest BCUT2D eigenvalue weighted by molar-refractivity contribution is 5.77. The van der Waals surface area contributed by atoms with E-state index in [1.54, 1.807) is 0 Å². The summed E-state index contributed by atoms with van der Waals surface area (Å²) in [6.45, 7) is 0.159. The Kier molecular flexibility index (Phi) is 3.64. The van der Waals surface area contributed by atoms with Crippen molar-refractivity contribution in [2.24, 2.45) is 0 Å². The summed E-state index contributed by atoms with van der Waals surface area (Å²) in [6.07, 6.45) is 3.42. The van der Waals surface area contributed by atoms with Crippen LogP contribution in [0.3, 0.4) is 0 Å². The van der Waals surface area contributed by atoms with E-state index in [4.69, 9.17) is 9.84 Å². The van der Waals surface area contributed by atoms with Crippen molar-refractivity contribution in [2.75, 3.05) is 19.0 Å². The molecule has 0 heterocycles. The molecule has 0 bridgehead atoms. The molecule has 0 saturated heterocycles. The van der Waals surface area contributed by atoms with Crippen LogP contribution in [0.25, 0.3) is 0 Å². The molecule has 4 heteroatoms. The van der Waals surface area contributed by atoms with Crippen molar-refractivity contribution in [2.45, 2.75) is 25.3 Å². The van der Waals surface area contributed by atoms with Crippen LogP contribution in [0.5, 0.6) is 0 Å². The van der Waals surface area contributed by atoms with Crippen molar-refractivity contribution >= 4 is 11.7 Å². The highest BCUT2D eigenvalue weighted by atomic mass is 16.5. The number of hydrogen-bond acceptors (Lipinski definition) is 3. The van der Waals surface area contributed by atoms with Gasteiger partial charge < -0.3 is 15.2 Å². The molecule has 0 amide bonds. The number of benzene rings is 1. The molecule has 0 aromatic heterocycles. The van der Waals surface area contributed by atoms with E-state index in [2.05, 4.69) is 11.4 Å².